The van der Waals surface area contributed by atoms with E-state index >= 15 is 0 Å². The first-order valence-electron chi connectivity index (χ1n) is 12.3. The van der Waals surface area contributed by atoms with Crippen LogP contribution in [-0.4, -0.2) is 35.6 Å². The summed E-state index contributed by atoms with van der Waals surface area (Å²) < 4.78 is 43.4. The van der Waals surface area contributed by atoms with Gasteiger partial charge in [0.05, 0.1) is 11.1 Å². The third kappa shape index (κ3) is 7.40. The minimum absolute atomic E-state index is 0.0567. The number of fused-ring (bicyclic) bond motifs is 1. The van der Waals surface area contributed by atoms with Gasteiger partial charge in [-0.2, -0.15) is 13.2 Å². The number of esters is 1. The number of aromatic nitrogens is 1. The number of amides is 1. The molecule has 0 aliphatic rings. The van der Waals surface area contributed by atoms with E-state index in [2.05, 4.69) is 15.6 Å². The zero-order valence-corrected chi connectivity index (χ0v) is 21.8. The fourth-order valence-corrected chi connectivity index (χ4v) is 4.48. The number of ether oxygens (including phenoxy) is 1. The van der Waals surface area contributed by atoms with Crippen molar-refractivity contribution in [2.75, 3.05) is 6.54 Å². The van der Waals surface area contributed by atoms with Crippen LogP contribution in [-0.2, 0) is 22.5 Å². The van der Waals surface area contributed by atoms with Crippen molar-refractivity contribution in [1.82, 2.24) is 15.6 Å². The minimum Gasteiger partial charge on any atom is -0.449 e. The summed E-state index contributed by atoms with van der Waals surface area (Å²) in [6.45, 7) is 2.21. The van der Waals surface area contributed by atoms with Crippen LogP contribution in [0.1, 0.15) is 40.1 Å². The van der Waals surface area contributed by atoms with E-state index in [1.807, 2.05) is 49.5 Å². The molecule has 0 unspecified atom stereocenters. The summed E-state index contributed by atoms with van der Waals surface area (Å²) in [5.41, 5.74) is 3.46. The lowest BCUT2D eigenvalue weighted by Crippen LogP contribution is -2.35. The molecule has 0 aliphatic carbocycles. The van der Waals surface area contributed by atoms with E-state index < -0.39 is 18.2 Å². The zero-order valence-electron chi connectivity index (χ0n) is 21.0. The van der Waals surface area contributed by atoms with E-state index in [1.54, 1.807) is 30.3 Å². The van der Waals surface area contributed by atoms with Crippen LogP contribution < -0.4 is 10.6 Å². The van der Waals surface area contributed by atoms with Crippen molar-refractivity contribution in [1.29, 1.82) is 0 Å². The van der Waals surface area contributed by atoms with Crippen LogP contribution in [0.25, 0.3) is 10.9 Å². The molecule has 4 rings (SSSR count). The lowest BCUT2D eigenvalue weighted by atomic mass is 10.0. The van der Waals surface area contributed by atoms with Gasteiger partial charge in [-0.25, -0.2) is 4.79 Å². The van der Waals surface area contributed by atoms with E-state index in [0.717, 1.165) is 16.5 Å². The summed E-state index contributed by atoms with van der Waals surface area (Å²) in [5.74, 6) is -2.48. The molecule has 3 N–H and O–H groups in total. The number of hydrogen-bond donors (Lipinski definition) is 3. The number of hydrogen-bond acceptors (Lipinski definition) is 4. The molecule has 0 saturated carbocycles. The lowest BCUT2D eigenvalue weighted by Gasteiger charge is -2.22. The second-order valence-corrected chi connectivity index (χ2v) is 9.61. The number of nitrogens with one attached hydrogen (secondary N) is 3. The number of benzene rings is 3. The molecular weight excluding hydrogens is 531 g/mol. The maximum atomic E-state index is 12.9. The monoisotopic (exact) mass is 557 g/mol. The van der Waals surface area contributed by atoms with Crippen LogP contribution >= 0.6 is 11.6 Å². The topological polar surface area (TPSA) is 83.2 Å². The first-order valence-corrected chi connectivity index (χ1v) is 12.7. The molecular formula is C29H27ClF3N3O3. The molecule has 6 nitrogen and oxygen atoms in total. The molecule has 0 bridgehead atoms. The summed E-state index contributed by atoms with van der Waals surface area (Å²) >= 11 is 6.00. The molecule has 1 aromatic heterocycles. The van der Waals surface area contributed by atoms with Crippen LogP contribution in [0.5, 0.6) is 0 Å². The average molecular weight is 558 g/mol. The Bertz CT molecular complexity index is 1440. The van der Waals surface area contributed by atoms with E-state index in [1.165, 1.54) is 6.07 Å². The van der Waals surface area contributed by atoms with Gasteiger partial charge in [0.1, 0.15) is 6.10 Å². The van der Waals surface area contributed by atoms with Gasteiger partial charge in [-0.05, 0) is 48.2 Å². The molecule has 0 saturated heterocycles. The molecule has 1 amide bonds. The summed E-state index contributed by atoms with van der Waals surface area (Å²) in [4.78, 5) is 27.6. The highest BCUT2D eigenvalue weighted by Gasteiger charge is 2.42. The van der Waals surface area contributed by atoms with Crippen LogP contribution in [0.4, 0.5) is 13.2 Å². The van der Waals surface area contributed by atoms with Gasteiger partial charge in [0.2, 0.25) is 0 Å². The average Bonchev–Trinajstić information content (AvgIpc) is 3.32. The number of carbonyl (C=O) groups excluding carboxylic acids is 2. The fraction of sp³-hybridized carbons (Fsp3) is 0.241. The molecule has 0 spiro atoms. The van der Waals surface area contributed by atoms with Crippen molar-refractivity contribution in [3.05, 3.63) is 106 Å². The van der Waals surface area contributed by atoms with E-state index in [0.29, 0.717) is 34.6 Å². The normalized spacial score (nSPS) is 13.2. The van der Waals surface area contributed by atoms with Crippen LogP contribution in [0.2, 0.25) is 5.02 Å². The summed E-state index contributed by atoms with van der Waals surface area (Å²) in [6, 6.07) is 21.0. The third-order valence-corrected chi connectivity index (χ3v) is 6.46. The quantitative estimate of drug-likeness (QED) is 0.205. The Hall–Kier alpha value is -3.82. The largest absolute Gasteiger partial charge is 0.490 e. The molecule has 0 radical (unpaired) electrons. The molecule has 39 heavy (non-hydrogen) atoms. The minimum atomic E-state index is -5.11. The van der Waals surface area contributed by atoms with Gasteiger partial charge in [-0.3, -0.25) is 4.79 Å². The molecule has 204 valence electrons. The number of aromatic amines is 1. The number of halogens is 4. The Morgan fingerprint density at radius 2 is 1.77 bits per heavy atom. The van der Waals surface area contributed by atoms with Crippen LogP contribution in [0, 0.1) is 0 Å². The Morgan fingerprint density at radius 1 is 1.03 bits per heavy atom. The predicted octanol–water partition coefficient (Wildman–Crippen LogP) is 6.12. The van der Waals surface area contributed by atoms with Gasteiger partial charge in [0.25, 0.3) is 5.91 Å². The smallest absolute Gasteiger partial charge is 0.449 e. The second-order valence-electron chi connectivity index (χ2n) is 9.17. The van der Waals surface area contributed by atoms with Gasteiger partial charge in [-0.15, -0.1) is 0 Å². The van der Waals surface area contributed by atoms with Crippen molar-refractivity contribution >= 4 is 34.4 Å². The predicted molar refractivity (Wildman–Crippen MR) is 143 cm³/mol. The van der Waals surface area contributed by atoms with Crippen molar-refractivity contribution in [3.8, 4) is 0 Å². The van der Waals surface area contributed by atoms with Gasteiger partial charge in [-0.1, -0.05) is 66.2 Å². The zero-order chi connectivity index (χ0) is 28.0. The van der Waals surface area contributed by atoms with E-state index in [-0.39, 0.29) is 18.5 Å². The van der Waals surface area contributed by atoms with Crippen LogP contribution in [0.3, 0.4) is 0 Å². The van der Waals surface area contributed by atoms with Gasteiger partial charge < -0.3 is 20.4 Å². The number of carbonyl (C=O) groups is 2. The fourth-order valence-electron chi connectivity index (χ4n) is 4.28. The number of rotatable bonds is 10. The maximum absolute atomic E-state index is 12.9. The first-order chi connectivity index (χ1) is 18.6. The Labute approximate surface area is 228 Å². The lowest BCUT2D eigenvalue weighted by molar-refractivity contribution is -0.205. The third-order valence-electron chi connectivity index (χ3n) is 6.22. The second kappa shape index (κ2) is 12.4. The molecule has 1 heterocycles. The molecule has 0 aliphatic heterocycles. The van der Waals surface area contributed by atoms with E-state index in [4.69, 9.17) is 16.3 Å². The molecule has 2 atom stereocenters. The van der Waals surface area contributed by atoms with Crippen LogP contribution in [0.15, 0.2) is 79.0 Å². The molecule has 10 heteroatoms. The molecule has 4 aromatic rings. The van der Waals surface area contributed by atoms with Crippen molar-refractivity contribution in [2.45, 2.75) is 38.2 Å². The van der Waals surface area contributed by atoms with Gasteiger partial charge >= 0.3 is 12.1 Å². The highest BCUT2D eigenvalue weighted by Crippen LogP contribution is 2.26. The highest BCUT2D eigenvalue weighted by molar-refractivity contribution is 6.30. The summed E-state index contributed by atoms with van der Waals surface area (Å²) in [5, 5.41) is 7.27. The Morgan fingerprint density at radius 3 is 2.49 bits per heavy atom. The summed E-state index contributed by atoms with van der Waals surface area (Å²) in [6.07, 6.45) is -3.99. The number of para-hydroxylation sites is 1. The van der Waals surface area contributed by atoms with Gasteiger partial charge in [0, 0.05) is 35.7 Å². The van der Waals surface area contributed by atoms with Crippen molar-refractivity contribution in [2.24, 2.45) is 0 Å². The summed E-state index contributed by atoms with van der Waals surface area (Å²) in [7, 11) is 0. The number of H-pyrrole nitrogens is 1. The first kappa shape index (κ1) is 28.2. The van der Waals surface area contributed by atoms with Crippen molar-refractivity contribution < 1.29 is 27.5 Å². The Balaban J connectivity index is 1.43. The SMILES string of the molecule is C[C@H](Cc1c[nH]c2c(C(=O)NCc3ccccc3)cccc12)NC[C@H](OC(=O)C(F)(F)F)c1cccc(Cl)c1. The molecule has 3 aromatic carbocycles. The standard InChI is InChI=1S/C29H27ClF3N3O3/c1-18(34-17-25(39-28(38)29(31,32)33)20-9-5-10-22(30)14-20)13-21-16-35-26-23(21)11-6-12-24(26)27(37)36-15-19-7-3-2-4-8-19/h2-12,14,16,18,25,34-35H,13,15,17H2,1H3,(H,36,37)/t18-,25+/m1/s1. The molecule has 0 fully saturated rings. The maximum Gasteiger partial charge on any atom is 0.490 e. The Kier molecular flexibility index (Phi) is 8.93. The highest BCUT2D eigenvalue weighted by atomic mass is 35.5. The van der Waals surface area contributed by atoms with Gasteiger partial charge in [0.15, 0.2) is 0 Å². The van der Waals surface area contributed by atoms with Crippen molar-refractivity contribution in [3.63, 3.8) is 0 Å². The number of alkyl halides is 3. The van der Waals surface area contributed by atoms with E-state index in [9.17, 15) is 22.8 Å².